The summed E-state index contributed by atoms with van der Waals surface area (Å²) in [5.74, 6) is 0.0286. The minimum absolute atomic E-state index is 0.0286. The first-order valence-corrected chi connectivity index (χ1v) is 7.10. The lowest BCUT2D eigenvalue weighted by Crippen LogP contribution is -2.27. The van der Waals surface area contributed by atoms with Crippen molar-refractivity contribution in [2.75, 3.05) is 19.4 Å². The number of carbonyl (C=O) groups is 1. The number of aryl methyl sites for hydroxylation is 2. The first-order valence-electron chi connectivity index (χ1n) is 7.10. The van der Waals surface area contributed by atoms with Gasteiger partial charge in [0.2, 0.25) is 0 Å². The predicted molar refractivity (Wildman–Crippen MR) is 87.7 cm³/mol. The van der Waals surface area contributed by atoms with Gasteiger partial charge in [0.25, 0.3) is 5.91 Å². The normalized spacial score (nSPS) is 10.3. The molecule has 0 aliphatic carbocycles. The van der Waals surface area contributed by atoms with Crippen LogP contribution in [0.2, 0.25) is 0 Å². The molecular weight excluding hydrogens is 260 g/mol. The lowest BCUT2D eigenvalue weighted by atomic mass is 10.1. The zero-order valence-electron chi connectivity index (χ0n) is 13.1. The standard InChI is InChI=1S/C18H22N2O/c1-13-6-5-7-15(10-13)12-20(4)18(21)16-9-8-14(2)11-17(16)19-3/h5-11,19H,12H2,1-4H3. The number of hydrogen-bond acceptors (Lipinski definition) is 2. The molecule has 1 amide bonds. The summed E-state index contributed by atoms with van der Waals surface area (Å²) < 4.78 is 0. The van der Waals surface area contributed by atoms with Crippen molar-refractivity contribution in [3.63, 3.8) is 0 Å². The summed E-state index contributed by atoms with van der Waals surface area (Å²) in [5, 5.41) is 3.10. The molecule has 0 atom stereocenters. The third-order valence-corrected chi connectivity index (χ3v) is 3.52. The van der Waals surface area contributed by atoms with Crippen molar-refractivity contribution in [3.8, 4) is 0 Å². The van der Waals surface area contributed by atoms with Gasteiger partial charge in [0.05, 0.1) is 5.56 Å². The molecule has 2 rings (SSSR count). The predicted octanol–water partition coefficient (Wildman–Crippen LogP) is 3.62. The molecule has 3 heteroatoms. The molecular formula is C18H22N2O. The van der Waals surface area contributed by atoms with Crippen LogP contribution >= 0.6 is 0 Å². The molecule has 0 spiro atoms. The quantitative estimate of drug-likeness (QED) is 0.929. The first kappa shape index (κ1) is 15.1. The summed E-state index contributed by atoms with van der Waals surface area (Å²) in [4.78, 5) is 14.4. The summed E-state index contributed by atoms with van der Waals surface area (Å²) in [6, 6.07) is 14.1. The Labute approximate surface area is 126 Å². The highest BCUT2D eigenvalue weighted by molar-refractivity contribution is 5.99. The second-order valence-electron chi connectivity index (χ2n) is 5.45. The van der Waals surface area contributed by atoms with E-state index in [2.05, 4.69) is 24.4 Å². The monoisotopic (exact) mass is 282 g/mol. The van der Waals surface area contributed by atoms with Crippen molar-refractivity contribution in [2.24, 2.45) is 0 Å². The molecule has 0 saturated carbocycles. The fourth-order valence-electron chi connectivity index (χ4n) is 2.41. The Morgan fingerprint density at radius 2 is 1.81 bits per heavy atom. The van der Waals surface area contributed by atoms with E-state index in [1.807, 2.05) is 51.4 Å². The Bertz CT molecular complexity index is 649. The molecule has 1 N–H and O–H groups in total. The number of rotatable bonds is 4. The Hall–Kier alpha value is -2.29. The van der Waals surface area contributed by atoms with E-state index in [0.29, 0.717) is 12.1 Å². The number of carbonyl (C=O) groups excluding carboxylic acids is 1. The smallest absolute Gasteiger partial charge is 0.255 e. The summed E-state index contributed by atoms with van der Waals surface area (Å²) in [7, 11) is 3.68. The van der Waals surface area contributed by atoms with Crippen LogP contribution in [0.1, 0.15) is 27.0 Å². The van der Waals surface area contributed by atoms with Gasteiger partial charge in [-0.3, -0.25) is 4.79 Å². The molecule has 21 heavy (non-hydrogen) atoms. The van der Waals surface area contributed by atoms with Gasteiger partial charge in [0.15, 0.2) is 0 Å². The number of amides is 1. The van der Waals surface area contributed by atoms with E-state index in [4.69, 9.17) is 0 Å². The van der Waals surface area contributed by atoms with Crippen molar-refractivity contribution in [2.45, 2.75) is 20.4 Å². The van der Waals surface area contributed by atoms with Crippen molar-refractivity contribution in [3.05, 3.63) is 64.7 Å². The Kier molecular flexibility index (Phi) is 4.63. The number of benzene rings is 2. The fraction of sp³-hybridized carbons (Fsp3) is 0.278. The van der Waals surface area contributed by atoms with Crippen molar-refractivity contribution in [1.29, 1.82) is 0 Å². The average Bonchev–Trinajstić information content (AvgIpc) is 2.46. The molecule has 0 radical (unpaired) electrons. The fourth-order valence-corrected chi connectivity index (χ4v) is 2.41. The summed E-state index contributed by atoms with van der Waals surface area (Å²) in [6.07, 6.45) is 0. The number of anilines is 1. The minimum Gasteiger partial charge on any atom is -0.387 e. The average molecular weight is 282 g/mol. The van der Waals surface area contributed by atoms with Crippen molar-refractivity contribution >= 4 is 11.6 Å². The Balaban J connectivity index is 2.19. The lowest BCUT2D eigenvalue weighted by molar-refractivity contribution is 0.0786. The zero-order valence-corrected chi connectivity index (χ0v) is 13.1. The molecule has 0 unspecified atom stereocenters. The maximum Gasteiger partial charge on any atom is 0.255 e. The third-order valence-electron chi connectivity index (χ3n) is 3.52. The Morgan fingerprint density at radius 3 is 2.48 bits per heavy atom. The summed E-state index contributed by atoms with van der Waals surface area (Å²) in [6.45, 7) is 4.69. The number of nitrogens with one attached hydrogen (secondary N) is 1. The highest BCUT2D eigenvalue weighted by Crippen LogP contribution is 2.19. The molecule has 0 heterocycles. The highest BCUT2D eigenvalue weighted by atomic mass is 16.2. The molecule has 0 saturated heterocycles. The van der Waals surface area contributed by atoms with Crippen LogP contribution in [-0.4, -0.2) is 24.9 Å². The van der Waals surface area contributed by atoms with Gasteiger partial charge in [-0.15, -0.1) is 0 Å². The van der Waals surface area contributed by atoms with E-state index in [9.17, 15) is 4.79 Å². The zero-order chi connectivity index (χ0) is 15.4. The highest BCUT2D eigenvalue weighted by Gasteiger charge is 2.15. The molecule has 3 nitrogen and oxygen atoms in total. The minimum atomic E-state index is 0.0286. The van der Waals surface area contributed by atoms with Gasteiger partial charge in [0.1, 0.15) is 0 Å². The second-order valence-corrected chi connectivity index (χ2v) is 5.45. The van der Waals surface area contributed by atoms with Crippen LogP contribution in [0.25, 0.3) is 0 Å². The topological polar surface area (TPSA) is 32.3 Å². The van der Waals surface area contributed by atoms with E-state index in [1.54, 1.807) is 4.90 Å². The van der Waals surface area contributed by atoms with Gasteiger partial charge in [-0.05, 0) is 37.1 Å². The third kappa shape index (κ3) is 3.63. The van der Waals surface area contributed by atoms with Gasteiger partial charge in [0, 0.05) is 26.3 Å². The molecule has 0 fully saturated rings. The van der Waals surface area contributed by atoms with E-state index >= 15 is 0 Å². The van der Waals surface area contributed by atoms with Crippen molar-refractivity contribution in [1.82, 2.24) is 4.90 Å². The van der Waals surface area contributed by atoms with Crippen LogP contribution < -0.4 is 5.32 Å². The molecule has 0 aliphatic rings. The van der Waals surface area contributed by atoms with Gasteiger partial charge >= 0.3 is 0 Å². The van der Waals surface area contributed by atoms with Crippen LogP contribution in [0.3, 0.4) is 0 Å². The van der Waals surface area contributed by atoms with Gasteiger partial charge < -0.3 is 10.2 Å². The molecule has 2 aromatic rings. The molecule has 0 bridgehead atoms. The van der Waals surface area contributed by atoms with Crippen LogP contribution in [0, 0.1) is 13.8 Å². The van der Waals surface area contributed by atoms with Crippen LogP contribution in [0.5, 0.6) is 0 Å². The first-order chi connectivity index (χ1) is 10.0. The lowest BCUT2D eigenvalue weighted by Gasteiger charge is -2.19. The van der Waals surface area contributed by atoms with E-state index in [-0.39, 0.29) is 5.91 Å². The number of hydrogen-bond donors (Lipinski definition) is 1. The SMILES string of the molecule is CNc1cc(C)ccc1C(=O)N(C)Cc1cccc(C)c1. The largest absolute Gasteiger partial charge is 0.387 e. The molecule has 2 aromatic carbocycles. The van der Waals surface area contributed by atoms with Gasteiger partial charge in [-0.1, -0.05) is 35.9 Å². The van der Waals surface area contributed by atoms with Gasteiger partial charge in [-0.25, -0.2) is 0 Å². The molecule has 110 valence electrons. The van der Waals surface area contributed by atoms with Crippen LogP contribution in [0.4, 0.5) is 5.69 Å². The molecule has 0 aromatic heterocycles. The maximum absolute atomic E-state index is 12.6. The van der Waals surface area contributed by atoms with Crippen LogP contribution in [-0.2, 0) is 6.54 Å². The van der Waals surface area contributed by atoms with E-state index in [0.717, 1.165) is 16.8 Å². The maximum atomic E-state index is 12.6. The summed E-state index contributed by atoms with van der Waals surface area (Å²) >= 11 is 0. The van der Waals surface area contributed by atoms with E-state index in [1.165, 1.54) is 5.56 Å². The van der Waals surface area contributed by atoms with Crippen molar-refractivity contribution < 1.29 is 4.79 Å². The Morgan fingerprint density at radius 1 is 1.10 bits per heavy atom. The molecule has 0 aliphatic heterocycles. The van der Waals surface area contributed by atoms with Crippen LogP contribution in [0.15, 0.2) is 42.5 Å². The second kappa shape index (κ2) is 6.44. The number of nitrogens with zero attached hydrogens (tertiary/aromatic N) is 1. The van der Waals surface area contributed by atoms with E-state index < -0.39 is 0 Å². The summed E-state index contributed by atoms with van der Waals surface area (Å²) in [5.41, 5.74) is 5.06. The van der Waals surface area contributed by atoms with Gasteiger partial charge in [-0.2, -0.15) is 0 Å².